The van der Waals surface area contributed by atoms with Gasteiger partial charge in [0.15, 0.2) is 11.0 Å². The maximum absolute atomic E-state index is 12.4. The summed E-state index contributed by atoms with van der Waals surface area (Å²) in [4.78, 5) is 25.9. The van der Waals surface area contributed by atoms with Crippen molar-refractivity contribution in [1.29, 1.82) is 0 Å². The molecular weight excluding hydrogens is 454 g/mol. The molecule has 0 unspecified atom stereocenters. The lowest BCUT2D eigenvalue weighted by Gasteiger charge is -2.09. The molecule has 7 nitrogen and oxygen atoms in total. The average Bonchev–Trinajstić information content (AvgIpc) is 3.48. The molecule has 0 aliphatic heterocycles. The molecule has 2 heterocycles. The van der Waals surface area contributed by atoms with Gasteiger partial charge in [0.2, 0.25) is 5.91 Å². The van der Waals surface area contributed by atoms with Gasteiger partial charge in [0.05, 0.1) is 10.6 Å². The second-order valence-corrected chi connectivity index (χ2v) is 9.16. The summed E-state index contributed by atoms with van der Waals surface area (Å²) < 4.78 is 2.01. The van der Waals surface area contributed by atoms with Crippen LogP contribution in [0.5, 0.6) is 0 Å². The van der Waals surface area contributed by atoms with Gasteiger partial charge in [-0.3, -0.25) is 9.59 Å². The standard InChI is InChI=1S/C24H23N5O2S2/c1-3-29-22(20-8-5-13-32-20)27-28-24(29)33-15-21(30)25-18-9-11-19(12-10-18)26-23(31)17-7-4-6-16(2)14-17/h4-14H,3,15H2,1-2H3,(H,25,30)(H,26,31). The van der Waals surface area contributed by atoms with Gasteiger partial charge in [-0.05, 0) is 61.7 Å². The zero-order chi connectivity index (χ0) is 23.2. The first-order chi connectivity index (χ1) is 16.0. The largest absolute Gasteiger partial charge is 0.325 e. The average molecular weight is 478 g/mol. The third-order valence-corrected chi connectivity index (χ3v) is 6.65. The Bertz CT molecular complexity index is 1250. The number of benzene rings is 2. The minimum Gasteiger partial charge on any atom is -0.325 e. The van der Waals surface area contributed by atoms with Crippen LogP contribution in [-0.2, 0) is 11.3 Å². The topological polar surface area (TPSA) is 88.9 Å². The Morgan fingerprint density at radius 3 is 2.42 bits per heavy atom. The second kappa shape index (κ2) is 10.5. The summed E-state index contributed by atoms with van der Waals surface area (Å²) in [6.07, 6.45) is 0. The van der Waals surface area contributed by atoms with E-state index in [1.807, 2.05) is 54.1 Å². The number of carbonyl (C=O) groups excluding carboxylic acids is 2. The molecule has 2 aromatic carbocycles. The number of carbonyl (C=O) groups is 2. The van der Waals surface area contributed by atoms with Crippen molar-refractivity contribution in [3.63, 3.8) is 0 Å². The lowest BCUT2D eigenvalue weighted by molar-refractivity contribution is -0.113. The van der Waals surface area contributed by atoms with Crippen molar-refractivity contribution in [3.8, 4) is 10.7 Å². The van der Waals surface area contributed by atoms with E-state index < -0.39 is 0 Å². The number of aromatic nitrogens is 3. The molecular formula is C24H23N5O2S2. The first kappa shape index (κ1) is 22.8. The number of hydrogen-bond donors (Lipinski definition) is 2. The predicted molar refractivity (Wildman–Crippen MR) is 134 cm³/mol. The molecule has 33 heavy (non-hydrogen) atoms. The number of amides is 2. The normalized spacial score (nSPS) is 10.7. The Labute approximate surface area is 200 Å². The zero-order valence-corrected chi connectivity index (χ0v) is 19.9. The van der Waals surface area contributed by atoms with E-state index in [9.17, 15) is 9.59 Å². The Morgan fingerprint density at radius 2 is 1.76 bits per heavy atom. The molecule has 0 bridgehead atoms. The van der Waals surface area contributed by atoms with Gasteiger partial charge in [-0.1, -0.05) is 35.5 Å². The van der Waals surface area contributed by atoms with Crippen LogP contribution in [0.15, 0.2) is 71.2 Å². The van der Waals surface area contributed by atoms with E-state index in [-0.39, 0.29) is 17.6 Å². The van der Waals surface area contributed by atoms with Crippen LogP contribution in [0.1, 0.15) is 22.8 Å². The summed E-state index contributed by atoms with van der Waals surface area (Å²) in [5.74, 6) is 0.724. The highest BCUT2D eigenvalue weighted by atomic mass is 32.2. The summed E-state index contributed by atoms with van der Waals surface area (Å²) in [5, 5.41) is 17.0. The molecule has 0 radical (unpaired) electrons. The Kier molecular flexibility index (Phi) is 7.21. The molecule has 4 aromatic rings. The van der Waals surface area contributed by atoms with Gasteiger partial charge < -0.3 is 15.2 Å². The summed E-state index contributed by atoms with van der Waals surface area (Å²) in [6.45, 7) is 4.70. The van der Waals surface area contributed by atoms with E-state index in [2.05, 4.69) is 20.8 Å². The lowest BCUT2D eigenvalue weighted by atomic mass is 10.1. The van der Waals surface area contributed by atoms with E-state index in [1.54, 1.807) is 41.7 Å². The highest BCUT2D eigenvalue weighted by Gasteiger charge is 2.15. The van der Waals surface area contributed by atoms with Gasteiger partial charge in [-0.15, -0.1) is 21.5 Å². The molecule has 0 aliphatic carbocycles. The third-order valence-electron chi connectivity index (χ3n) is 4.81. The molecule has 0 saturated carbocycles. The van der Waals surface area contributed by atoms with Crippen LogP contribution in [0.4, 0.5) is 11.4 Å². The molecule has 168 valence electrons. The van der Waals surface area contributed by atoms with Gasteiger partial charge in [0, 0.05) is 23.5 Å². The number of anilines is 2. The van der Waals surface area contributed by atoms with Crippen molar-refractivity contribution in [1.82, 2.24) is 14.8 Å². The van der Waals surface area contributed by atoms with E-state index in [1.165, 1.54) is 11.8 Å². The zero-order valence-electron chi connectivity index (χ0n) is 18.2. The number of rotatable bonds is 8. The van der Waals surface area contributed by atoms with Crippen molar-refractivity contribution in [2.45, 2.75) is 25.5 Å². The fourth-order valence-corrected chi connectivity index (χ4v) is 4.74. The molecule has 2 amide bonds. The van der Waals surface area contributed by atoms with Crippen molar-refractivity contribution in [3.05, 3.63) is 77.2 Å². The summed E-state index contributed by atoms with van der Waals surface area (Å²) in [5.41, 5.74) is 2.95. The summed E-state index contributed by atoms with van der Waals surface area (Å²) >= 11 is 2.96. The van der Waals surface area contributed by atoms with Crippen molar-refractivity contribution in [2.24, 2.45) is 0 Å². The fraction of sp³-hybridized carbons (Fsp3) is 0.167. The Hall–Kier alpha value is -3.43. The Morgan fingerprint density at radius 1 is 1.00 bits per heavy atom. The third kappa shape index (κ3) is 5.68. The van der Waals surface area contributed by atoms with Gasteiger partial charge in [0.1, 0.15) is 0 Å². The van der Waals surface area contributed by atoms with Crippen LogP contribution in [0.2, 0.25) is 0 Å². The highest BCUT2D eigenvalue weighted by Crippen LogP contribution is 2.27. The van der Waals surface area contributed by atoms with Crippen LogP contribution in [-0.4, -0.2) is 32.3 Å². The monoisotopic (exact) mass is 477 g/mol. The van der Waals surface area contributed by atoms with E-state index in [4.69, 9.17) is 0 Å². The van der Waals surface area contributed by atoms with Crippen LogP contribution in [0, 0.1) is 6.92 Å². The molecule has 0 fully saturated rings. The van der Waals surface area contributed by atoms with Crippen LogP contribution in [0.3, 0.4) is 0 Å². The van der Waals surface area contributed by atoms with Crippen molar-refractivity contribution < 1.29 is 9.59 Å². The van der Waals surface area contributed by atoms with Gasteiger partial charge in [-0.2, -0.15) is 0 Å². The van der Waals surface area contributed by atoms with Crippen LogP contribution in [0.25, 0.3) is 10.7 Å². The number of aryl methyl sites for hydroxylation is 1. The first-order valence-electron chi connectivity index (χ1n) is 10.4. The summed E-state index contributed by atoms with van der Waals surface area (Å²) in [6, 6.07) is 18.4. The van der Waals surface area contributed by atoms with Crippen LogP contribution < -0.4 is 10.6 Å². The predicted octanol–water partition coefficient (Wildman–Crippen LogP) is 5.32. The highest BCUT2D eigenvalue weighted by molar-refractivity contribution is 7.99. The number of nitrogens with zero attached hydrogens (tertiary/aromatic N) is 3. The van der Waals surface area contributed by atoms with Gasteiger partial charge in [0.25, 0.3) is 5.91 Å². The van der Waals surface area contributed by atoms with Gasteiger partial charge in [-0.25, -0.2) is 0 Å². The minimum atomic E-state index is -0.172. The number of thiophene rings is 1. The molecule has 0 saturated heterocycles. The Balaban J connectivity index is 1.32. The number of hydrogen-bond acceptors (Lipinski definition) is 6. The maximum atomic E-state index is 12.4. The summed E-state index contributed by atoms with van der Waals surface area (Å²) in [7, 11) is 0. The van der Waals surface area contributed by atoms with E-state index in [0.29, 0.717) is 22.1 Å². The fourth-order valence-electron chi connectivity index (χ4n) is 3.22. The van der Waals surface area contributed by atoms with Crippen molar-refractivity contribution >= 4 is 46.3 Å². The molecule has 2 N–H and O–H groups in total. The van der Waals surface area contributed by atoms with Crippen molar-refractivity contribution in [2.75, 3.05) is 16.4 Å². The quantitative estimate of drug-likeness (QED) is 0.335. The minimum absolute atomic E-state index is 0.139. The second-order valence-electron chi connectivity index (χ2n) is 7.27. The number of nitrogens with one attached hydrogen (secondary N) is 2. The lowest BCUT2D eigenvalue weighted by Crippen LogP contribution is -2.15. The molecule has 4 rings (SSSR count). The van der Waals surface area contributed by atoms with Gasteiger partial charge >= 0.3 is 0 Å². The van der Waals surface area contributed by atoms with E-state index in [0.717, 1.165) is 22.8 Å². The van der Waals surface area contributed by atoms with E-state index >= 15 is 0 Å². The molecule has 0 aliphatic rings. The smallest absolute Gasteiger partial charge is 0.255 e. The first-order valence-corrected chi connectivity index (χ1v) is 12.3. The molecule has 0 spiro atoms. The van der Waals surface area contributed by atoms with Crippen LogP contribution >= 0.6 is 23.1 Å². The maximum Gasteiger partial charge on any atom is 0.255 e. The molecule has 9 heteroatoms. The number of thioether (sulfide) groups is 1. The molecule has 2 aromatic heterocycles. The SMILES string of the molecule is CCn1c(SCC(=O)Nc2ccc(NC(=O)c3cccc(C)c3)cc2)nnc1-c1cccs1. The molecule has 0 atom stereocenters.